The highest BCUT2D eigenvalue weighted by Gasteiger charge is 2.02. The molecule has 1 amide bonds. The molecule has 0 heterocycles. The van der Waals surface area contributed by atoms with E-state index >= 15 is 0 Å². The first kappa shape index (κ1) is 24.8. The van der Waals surface area contributed by atoms with Crippen LogP contribution in [0.5, 0.6) is 0 Å². The number of carbonyl (C=O) groups is 1. The van der Waals surface area contributed by atoms with E-state index in [1.165, 1.54) is 83.5 Å². The maximum atomic E-state index is 11.8. The van der Waals surface area contributed by atoms with Gasteiger partial charge in [0.25, 0.3) is 0 Å². The van der Waals surface area contributed by atoms with Crippen LogP contribution >= 0.6 is 11.6 Å². The minimum atomic E-state index is 0.0228. The van der Waals surface area contributed by atoms with E-state index in [1.807, 2.05) is 24.3 Å². The zero-order valence-electron chi connectivity index (χ0n) is 17.9. The molecule has 1 aromatic carbocycles. The lowest BCUT2D eigenvalue weighted by atomic mass is 10.0. The highest BCUT2D eigenvalue weighted by atomic mass is 35.5. The molecule has 0 radical (unpaired) electrons. The number of amides is 1. The molecular weight excluding hydrogens is 368 g/mol. The monoisotopic (exact) mass is 408 g/mol. The number of benzene rings is 1. The van der Waals surface area contributed by atoms with E-state index in [4.69, 9.17) is 11.6 Å². The van der Waals surface area contributed by atoms with E-state index < -0.39 is 0 Å². The standard InChI is InChI=1S/C24H41ClN2O/c1-2-3-4-5-6-7-8-9-10-11-12-13-14-17-20-26-24(28)21-27-23-19-16-15-18-22(23)25/h15-16,18-19,27H,2-14,17,20-21H2,1H3,(H,26,28). The van der Waals surface area contributed by atoms with Crippen LogP contribution in [0.15, 0.2) is 24.3 Å². The zero-order valence-corrected chi connectivity index (χ0v) is 18.7. The molecule has 0 fully saturated rings. The van der Waals surface area contributed by atoms with Gasteiger partial charge in [0.15, 0.2) is 0 Å². The Kier molecular flexibility index (Phi) is 15.8. The molecule has 3 nitrogen and oxygen atoms in total. The largest absolute Gasteiger partial charge is 0.375 e. The van der Waals surface area contributed by atoms with Crippen LogP contribution in [0.25, 0.3) is 0 Å². The second-order valence-electron chi connectivity index (χ2n) is 7.78. The maximum Gasteiger partial charge on any atom is 0.239 e. The molecule has 28 heavy (non-hydrogen) atoms. The molecule has 0 saturated carbocycles. The Bertz CT molecular complexity index is 507. The van der Waals surface area contributed by atoms with E-state index in [9.17, 15) is 4.79 Å². The number of hydrogen-bond donors (Lipinski definition) is 2. The summed E-state index contributed by atoms with van der Waals surface area (Å²) >= 11 is 6.06. The third-order valence-corrected chi connectivity index (χ3v) is 5.50. The SMILES string of the molecule is CCCCCCCCCCCCCCCCNC(=O)CNc1ccccc1Cl. The first-order valence-electron chi connectivity index (χ1n) is 11.5. The van der Waals surface area contributed by atoms with Crippen molar-refractivity contribution in [2.24, 2.45) is 0 Å². The number of rotatable bonds is 18. The Morgan fingerprint density at radius 1 is 0.786 bits per heavy atom. The molecule has 0 saturated heterocycles. The minimum Gasteiger partial charge on any atom is -0.375 e. The zero-order chi connectivity index (χ0) is 20.3. The predicted octanol–water partition coefficient (Wildman–Crippen LogP) is 7.35. The Morgan fingerprint density at radius 3 is 1.82 bits per heavy atom. The Hall–Kier alpha value is -1.22. The van der Waals surface area contributed by atoms with Crippen molar-refractivity contribution in [3.05, 3.63) is 29.3 Å². The molecule has 0 atom stereocenters. The summed E-state index contributed by atoms with van der Waals surface area (Å²) in [5.41, 5.74) is 0.802. The summed E-state index contributed by atoms with van der Waals surface area (Å²) in [5.74, 6) is 0.0228. The van der Waals surface area contributed by atoms with Crippen molar-refractivity contribution in [1.29, 1.82) is 0 Å². The molecule has 0 aliphatic rings. The molecule has 0 bridgehead atoms. The Labute approximate surface area is 178 Å². The molecule has 1 aromatic rings. The van der Waals surface area contributed by atoms with Crippen molar-refractivity contribution < 1.29 is 4.79 Å². The van der Waals surface area contributed by atoms with Crippen LogP contribution in [-0.4, -0.2) is 19.0 Å². The lowest BCUT2D eigenvalue weighted by Crippen LogP contribution is -2.30. The molecule has 4 heteroatoms. The van der Waals surface area contributed by atoms with Crippen LogP contribution in [0, 0.1) is 0 Å². The molecule has 0 spiro atoms. The van der Waals surface area contributed by atoms with Crippen LogP contribution in [0.4, 0.5) is 5.69 Å². The van der Waals surface area contributed by atoms with Gasteiger partial charge >= 0.3 is 0 Å². The topological polar surface area (TPSA) is 41.1 Å². The van der Waals surface area contributed by atoms with Crippen LogP contribution in [0.3, 0.4) is 0 Å². The van der Waals surface area contributed by atoms with Crippen molar-refractivity contribution in [3.63, 3.8) is 0 Å². The van der Waals surface area contributed by atoms with Crippen LogP contribution in [0.1, 0.15) is 96.8 Å². The molecular formula is C24H41ClN2O. The number of halogens is 1. The number of nitrogens with one attached hydrogen (secondary N) is 2. The summed E-state index contributed by atoms with van der Waals surface area (Å²) in [4.78, 5) is 11.8. The molecule has 0 unspecified atom stereocenters. The lowest BCUT2D eigenvalue weighted by Gasteiger charge is -2.09. The molecule has 0 aliphatic carbocycles. The third-order valence-electron chi connectivity index (χ3n) is 5.17. The van der Waals surface area contributed by atoms with Gasteiger partial charge in [-0.2, -0.15) is 0 Å². The van der Waals surface area contributed by atoms with Gasteiger partial charge < -0.3 is 10.6 Å². The van der Waals surface area contributed by atoms with Gasteiger partial charge in [-0.3, -0.25) is 4.79 Å². The first-order valence-corrected chi connectivity index (χ1v) is 11.9. The third kappa shape index (κ3) is 13.9. The number of unbranched alkanes of at least 4 members (excludes halogenated alkanes) is 13. The van der Waals surface area contributed by atoms with Gasteiger partial charge in [-0.1, -0.05) is 114 Å². The summed E-state index contributed by atoms with van der Waals surface area (Å²) in [6, 6.07) is 7.48. The molecule has 160 valence electrons. The van der Waals surface area contributed by atoms with E-state index in [0.29, 0.717) is 5.02 Å². The first-order chi connectivity index (χ1) is 13.7. The minimum absolute atomic E-state index is 0.0228. The van der Waals surface area contributed by atoms with Gasteiger partial charge in [-0.15, -0.1) is 0 Å². The number of hydrogen-bond acceptors (Lipinski definition) is 2. The van der Waals surface area contributed by atoms with Gasteiger partial charge in [0.05, 0.1) is 17.3 Å². The quantitative estimate of drug-likeness (QED) is 0.249. The molecule has 0 aliphatic heterocycles. The second kappa shape index (κ2) is 17.8. The van der Waals surface area contributed by atoms with Crippen molar-refractivity contribution in [1.82, 2.24) is 5.32 Å². The summed E-state index contributed by atoms with van der Waals surface area (Å²) in [6.45, 7) is 3.31. The fourth-order valence-corrected chi connectivity index (χ4v) is 3.59. The summed E-state index contributed by atoms with van der Waals surface area (Å²) in [6.07, 6.45) is 18.9. The van der Waals surface area contributed by atoms with Gasteiger partial charge in [0, 0.05) is 6.54 Å². The molecule has 1 rings (SSSR count). The number of carbonyl (C=O) groups excluding carboxylic acids is 1. The van der Waals surface area contributed by atoms with Gasteiger partial charge in [0.1, 0.15) is 0 Å². The van der Waals surface area contributed by atoms with Crippen LogP contribution in [0.2, 0.25) is 5.02 Å². The van der Waals surface area contributed by atoms with Crippen LogP contribution in [-0.2, 0) is 4.79 Å². The Morgan fingerprint density at radius 2 is 1.29 bits per heavy atom. The van der Waals surface area contributed by atoms with Crippen LogP contribution < -0.4 is 10.6 Å². The fraction of sp³-hybridized carbons (Fsp3) is 0.708. The number of para-hydroxylation sites is 1. The van der Waals surface area contributed by atoms with Crippen molar-refractivity contribution in [2.45, 2.75) is 96.8 Å². The second-order valence-corrected chi connectivity index (χ2v) is 8.19. The predicted molar refractivity (Wildman–Crippen MR) is 123 cm³/mol. The highest BCUT2D eigenvalue weighted by Crippen LogP contribution is 2.19. The average Bonchev–Trinajstić information content (AvgIpc) is 2.70. The normalized spacial score (nSPS) is 10.8. The van der Waals surface area contributed by atoms with E-state index in [1.54, 1.807) is 0 Å². The summed E-state index contributed by atoms with van der Waals surface area (Å²) < 4.78 is 0. The number of anilines is 1. The van der Waals surface area contributed by atoms with E-state index in [0.717, 1.165) is 18.7 Å². The molecule has 0 aromatic heterocycles. The molecule has 2 N–H and O–H groups in total. The van der Waals surface area contributed by atoms with Gasteiger partial charge in [-0.25, -0.2) is 0 Å². The smallest absolute Gasteiger partial charge is 0.239 e. The summed E-state index contributed by atoms with van der Waals surface area (Å²) in [7, 11) is 0. The lowest BCUT2D eigenvalue weighted by molar-refractivity contribution is -0.119. The van der Waals surface area contributed by atoms with E-state index in [2.05, 4.69) is 17.6 Å². The maximum absolute atomic E-state index is 11.8. The Balaban J connectivity index is 1.81. The van der Waals surface area contributed by atoms with Crippen molar-refractivity contribution >= 4 is 23.2 Å². The van der Waals surface area contributed by atoms with E-state index in [-0.39, 0.29) is 12.5 Å². The highest BCUT2D eigenvalue weighted by molar-refractivity contribution is 6.33. The van der Waals surface area contributed by atoms with Gasteiger partial charge in [0.2, 0.25) is 5.91 Å². The summed E-state index contributed by atoms with van der Waals surface area (Å²) in [5, 5.41) is 6.68. The van der Waals surface area contributed by atoms with Crippen molar-refractivity contribution in [3.8, 4) is 0 Å². The van der Waals surface area contributed by atoms with Crippen molar-refractivity contribution in [2.75, 3.05) is 18.4 Å². The fourth-order valence-electron chi connectivity index (χ4n) is 3.39. The average molecular weight is 409 g/mol. The van der Waals surface area contributed by atoms with Gasteiger partial charge in [-0.05, 0) is 18.6 Å².